The number of hydrogen-bond donors (Lipinski definition) is 5. The first-order chi connectivity index (χ1) is 13.5. The lowest BCUT2D eigenvalue weighted by Gasteiger charge is -2.44. The van der Waals surface area contributed by atoms with Crippen molar-refractivity contribution in [2.45, 2.75) is 44.4 Å². The number of benzene rings is 1. The van der Waals surface area contributed by atoms with E-state index in [2.05, 4.69) is 5.32 Å². The standard InChI is InChI=1S/C21H21NO6S/c1-20(27)7-11-12(8-21(20,2)28)18(25)16-15(17(11)24)14(23)6-13(19(16)26)22-9-10-4-3-5-29-10/h3-6,22,24-25,27-28H,7-9H2,1-2H3/t20-,21+/m1/s1. The molecule has 2 aliphatic carbocycles. The Morgan fingerprint density at radius 1 is 1.03 bits per heavy atom. The normalized spacial score (nSPS) is 26.0. The van der Waals surface area contributed by atoms with Crippen LogP contribution in [0.2, 0.25) is 0 Å². The van der Waals surface area contributed by atoms with E-state index >= 15 is 0 Å². The van der Waals surface area contributed by atoms with Crippen LogP contribution in [-0.2, 0) is 19.4 Å². The van der Waals surface area contributed by atoms with E-state index in [9.17, 15) is 30.0 Å². The highest BCUT2D eigenvalue weighted by Gasteiger charge is 2.49. The Balaban J connectivity index is 1.79. The summed E-state index contributed by atoms with van der Waals surface area (Å²) in [5.41, 5.74) is -3.36. The molecule has 29 heavy (non-hydrogen) atoms. The van der Waals surface area contributed by atoms with Gasteiger partial charge in [-0.2, -0.15) is 0 Å². The third-order valence-electron chi connectivity index (χ3n) is 5.89. The first-order valence-corrected chi connectivity index (χ1v) is 10.0. The Morgan fingerprint density at radius 2 is 1.62 bits per heavy atom. The predicted octanol–water partition coefficient (Wildman–Crippen LogP) is 1.81. The Bertz CT molecular complexity index is 1070. The molecule has 0 saturated carbocycles. The van der Waals surface area contributed by atoms with Crippen molar-refractivity contribution in [2.75, 3.05) is 0 Å². The monoisotopic (exact) mass is 415 g/mol. The molecule has 0 fully saturated rings. The molecule has 4 rings (SSSR count). The van der Waals surface area contributed by atoms with Crippen molar-refractivity contribution in [3.63, 3.8) is 0 Å². The Morgan fingerprint density at radius 3 is 2.17 bits per heavy atom. The van der Waals surface area contributed by atoms with Crippen LogP contribution < -0.4 is 5.32 Å². The van der Waals surface area contributed by atoms with Gasteiger partial charge in [-0.25, -0.2) is 0 Å². The average molecular weight is 415 g/mol. The van der Waals surface area contributed by atoms with Gasteiger partial charge < -0.3 is 25.7 Å². The zero-order valence-corrected chi connectivity index (χ0v) is 16.8. The highest BCUT2D eigenvalue weighted by molar-refractivity contribution is 7.09. The molecule has 2 aliphatic rings. The summed E-state index contributed by atoms with van der Waals surface area (Å²) in [5.74, 6) is -2.09. The van der Waals surface area contributed by atoms with Gasteiger partial charge >= 0.3 is 0 Å². The van der Waals surface area contributed by atoms with E-state index in [1.54, 1.807) is 0 Å². The molecule has 0 unspecified atom stereocenters. The van der Waals surface area contributed by atoms with Crippen LogP contribution in [0.1, 0.15) is 50.6 Å². The van der Waals surface area contributed by atoms with Crippen LogP contribution in [0, 0.1) is 0 Å². The number of fused-ring (bicyclic) bond motifs is 2. The van der Waals surface area contributed by atoms with Crippen LogP contribution in [0.3, 0.4) is 0 Å². The fourth-order valence-corrected chi connectivity index (χ4v) is 4.51. The number of Topliss-reactive ketones (excluding diaryl/α,β-unsaturated/α-hetero) is 1. The molecule has 7 nitrogen and oxygen atoms in total. The molecule has 0 bridgehead atoms. The fourth-order valence-electron chi connectivity index (χ4n) is 3.87. The lowest BCUT2D eigenvalue weighted by Crippen LogP contribution is -2.55. The van der Waals surface area contributed by atoms with Crippen molar-refractivity contribution in [1.82, 2.24) is 5.32 Å². The minimum atomic E-state index is -1.59. The Kier molecular flexibility index (Phi) is 4.34. The van der Waals surface area contributed by atoms with Crippen molar-refractivity contribution in [1.29, 1.82) is 0 Å². The number of allylic oxidation sites excluding steroid dienone is 2. The SMILES string of the molecule is C[C@]1(O)Cc2c(O)c3c(c(O)c2C[C@@]1(C)O)C(=O)C=C(NCc1cccs1)C3=O. The van der Waals surface area contributed by atoms with E-state index in [0.29, 0.717) is 6.54 Å². The van der Waals surface area contributed by atoms with E-state index in [1.165, 1.54) is 25.2 Å². The number of aliphatic hydroxyl groups is 2. The number of rotatable bonds is 3. The third-order valence-corrected chi connectivity index (χ3v) is 6.76. The van der Waals surface area contributed by atoms with Crippen LogP contribution >= 0.6 is 11.3 Å². The summed E-state index contributed by atoms with van der Waals surface area (Å²) in [5, 5.41) is 47.6. The minimum absolute atomic E-state index is 0.0279. The van der Waals surface area contributed by atoms with Gasteiger partial charge in [0.25, 0.3) is 0 Å². The number of thiophene rings is 1. The average Bonchev–Trinajstić information content (AvgIpc) is 3.15. The summed E-state index contributed by atoms with van der Waals surface area (Å²) >= 11 is 1.50. The molecule has 0 amide bonds. The van der Waals surface area contributed by atoms with Crippen molar-refractivity contribution in [3.05, 3.63) is 56.4 Å². The highest BCUT2D eigenvalue weighted by atomic mass is 32.1. The maximum absolute atomic E-state index is 13.0. The third kappa shape index (κ3) is 2.95. The summed E-state index contributed by atoms with van der Waals surface area (Å²) in [4.78, 5) is 26.7. The zero-order valence-electron chi connectivity index (χ0n) is 15.9. The smallest absolute Gasteiger partial charge is 0.213 e. The Hall–Kier alpha value is -2.68. The molecule has 1 heterocycles. The molecule has 152 valence electrons. The Labute approximate surface area is 170 Å². The number of carbonyl (C=O) groups excluding carboxylic acids is 2. The van der Waals surface area contributed by atoms with E-state index in [1.807, 2.05) is 17.5 Å². The van der Waals surface area contributed by atoms with Crippen molar-refractivity contribution >= 4 is 22.9 Å². The minimum Gasteiger partial charge on any atom is -0.507 e. The van der Waals surface area contributed by atoms with Gasteiger partial charge in [0, 0.05) is 41.5 Å². The summed E-state index contributed by atoms with van der Waals surface area (Å²) in [6.45, 7) is 3.19. The maximum Gasteiger partial charge on any atom is 0.213 e. The number of aromatic hydroxyl groups is 2. The van der Waals surface area contributed by atoms with Crippen LogP contribution in [0.15, 0.2) is 29.3 Å². The molecule has 2 atom stereocenters. The highest BCUT2D eigenvalue weighted by Crippen LogP contribution is 2.48. The van der Waals surface area contributed by atoms with E-state index in [4.69, 9.17) is 0 Å². The quantitative estimate of drug-likeness (QED) is 0.484. The lowest BCUT2D eigenvalue weighted by molar-refractivity contribution is -0.135. The number of carbonyl (C=O) groups is 2. The van der Waals surface area contributed by atoms with Gasteiger partial charge in [0.05, 0.1) is 28.0 Å². The van der Waals surface area contributed by atoms with Crippen LogP contribution in [0.5, 0.6) is 11.5 Å². The first-order valence-electron chi connectivity index (χ1n) is 9.15. The molecular formula is C21H21NO6S. The van der Waals surface area contributed by atoms with E-state index in [-0.39, 0.29) is 40.8 Å². The van der Waals surface area contributed by atoms with Gasteiger partial charge in [-0.3, -0.25) is 9.59 Å². The maximum atomic E-state index is 13.0. The lowest BCUT2D eigenvalue weighted by atomic mass is 9.69. The van der Waals surface area contributed by atoms with Crippen molar-refractivity contribution < 1.29 is 30.0 Å². The summed E-state index contributed by atoms with van der Waals surface area (Å²) in [6, 6.07) is 3.76. The molecule has 0 saturated heterocycles. The number of phenolic OH excluding ortho intramolecular Hbond substituents is 2. The second kappa shape index (κ2) is 6.41. The molecule has 1 aromatic carbocycles. The van der Waals surface area contributed by atoms with Gasteiger partial charge in [-0.05, 0) is 25.3 Å². The number of hydrogen-bond acceptors (Lipinski definition) is 8. The summed E-state index contributed by atoms with van der Waals surface area (Å²) in [6.07, 6.45) is 0.767. The number of phenols is 2. The topological polar surface area (TPSA) is 127 Å². The molecule has 0 spiro atoms. The molecule has 0 aliphatic heterocycles. The van der Waals surface area contributed by atoms with Gasteiger partial charge in [-0.1, -0.05) is 6.07 Å². The van der Waals surface area contributed by atoms with Gasteiger partial charge in [0.15, 0.2) is 5.78 Å². The molecular weight excluding hydrogens is 394 g/mol. The van der Waals surface area contributed by atoms with Gasteiger partial charge in [-0.15, -0.1) is 11.3 Å². The fraction of sp³-hybridized carbons (Fsp3) is 0.333. The number of ketones is 2. The molecule has 8 heteroatoms. The van der Waals surface area contributed by atoms with Crippen LogP contribution in [0.4, 0.5) is 0 Å². The molecule has 0 radical (unpaired) electrons. The van der Waals surface area contributed by atoms with Crippen LogP contribution in [0.25, 0.3) is 0 Å². The van der Waals surface area contributed by atoms with Crippen LogP contribution in [-0.4, -0.2) is 43.2 Å². The van der Waals surface area contributed by atoms with Gasteiger partial charge in [0.2, 0.25) is 5.78 Å². The largest absolute Gasteiger partial charge is 0.507 e. The number of nitrogens with one attached hydrogen (secondary N) is 1. The predicted molar refractivity (Wildman–Crippen MR) is 106 cm³/mol. The second-order valence-corrected chi connectivity index (χ2v) is 9.02. The van der Waals surface area contributed by atoms with Gasteiger partial charge in [0.1, 0.15) is 11.5 Å². The molecule has 1 aromatic heterocycles. The molecule has 2 aromatic rings. The first kappa shape index (κ1) is 19.6. The van der Waals surface area contributed by atoms with E-state index < -0.39 is 34.3 Å². The second-order valence-electron chi connectivity index (χ2n) is 7.99. The molecule has 5 N–H and O–H groups in total. The van der Waals surface area contributed by atoms with Crippen molar-refractivity contribution in [3.8, 4) is 11.5 Å². The zero-order chi connectivity index (χ0) is 21.1. The summed E-state index contributed by atoms with van der Waals surface area (Å²) < 4.78 is 0. The van der Waals surface area contributed by atoms with Crippen molar-refractivity contribution in [2.24, 2.45) is 0 Å². The summed E-state index contributed by atoms with van der Waals surface area (Å²) in [7, 11) is 0. The van der Waals surface area contributed by atoms with E-state index in [0.717, 1.165) is 11.0 Å².